The first-order valence-electron chi connectivity index (χ1n) is 13.0. The fourth-order valence-electron chi connectivity index (χ4n) is 4.91. The van der Waals surface area contributed by atoms with Gasteiger partial charge in [-0.15, -0.1) is 10.2 Å². The van der Waals surface area contributed by atoms with Crippen LogP contribution in [0, 0.1) is 5.92 Å². The predicted molar refractivity (Wildman–Crippen MR) is 147 cm³/mol. The molecule has 1 aliphatic heterocycles. The lowest BCUT2D eigenvalue weighted by Gasteiger charge is -2.42. The van der Waals surface area contributed by atoms with Crippen molar-refractivity contribution >= 4 is 35.2 Å². The molecule has 1 unspecified atom stereocenters. The molecular weight excluding hydrogens is 506 g/mol. The van der Waals surface area contributed by atoms with Crippen LogP contribution in [0.25, 0.3) is 17.1 Å². The van der Waals surface area contributed by atoms with Crippen LogP contribution in [0.5, 0.6) is 0 Å². The summed E-state index contributed by atoms with van der Waals surface area (Å²) >= 11 is 7.69. The average molecular weight is 538 g/mol. The fourth-order valence-corrected chi connectivity index (χ4v) is 5.92. The third kappa shape index (κ3) is 5.85. The third-order valence-corrected chi connectivity index (χ3v) is 8.50. The number of aromatic nitrogens is 3. The highest BCUT2D eigenvalue weighted by molar-refractivity contribution is 7.99. The van der Waals surface area contributed by atoms with Crippen LogP contribution in [0.3, 0.4) is 0 Å². The quantitative estimate of drug-likeness (QED) is 0.287. The van der Waals surface area contributed by atoms with Crippen molar-refractivity contribution < 1.29 is 9.59 Å². The normalized spacial score (nSPS) is 18.1. The minimum absolute atomic E-state index is 0.0795. The number of piperazine rings is 1. The van der Waals surface area contributed by atoms with Crippen LogP contribution >= 0.6 is 23.4 Å². The number of para-hydroxylation sites is 1. The number of amides is 2. The van der Waals surface area contributed by atoms with Gasteiger partial charge in [-0.1, -0.05) is 48.0 Å². The van der Waals surface area contributed by atoms with E-state index < -0.39 is 0 Å². The van der Waals surface area contributed by atoms with Gasteiger partial charge in [0.15, 0.2) is 11.0 Å². The van der Waals surface area contributed by atoms with Crippen molar-refractivity contribution in [3.05, 3.63) is 59.6 Å². The number of thioether (sulfide) groups is 1. The van der Waals surface area contributed by atoms with E-state index in [0.717, 1.165) is 53.7 Å². The zero-order valence-corrected chi connectivity index (χ0v) is 22.6. The molecule has 37 heavy (non-hydrogen) atoms. The van der Waals surface area contributed by atoms with Crippen LogP contribution in [0.15, 0.2) is 59.8 Å². The van der Waals surface area contributed by atoms with Crippen molar-refractivity contribution in [2.75, 3.05) is 25.4 Å². The smallest absolute Gasteiger partial charge is 0.226 e. The fraction of sp³-hybridized carbons (Fsp3) is 0.429. The molecular formula is C28H32ClN5O2S. The van der Waals surface area contributed by atoms with E-state index in [4.69, 9.17) is 11.6 Å². The highest BCUT2D eigenvalue weighted by atomic mass is 35.5. The lowest BCUT2D eigenvalue weighted by atomic mass is 9.84. The SMILES string of the molecule is CC1CN(C(=O)CCCSc2nnc(-c3ccc(Cl)cc3)n2-c2ccccc2)CCN1C(=O)C1CCC1. The second kappa shape index (κ2) is 11.7. The van der Waals surface area contributed by atoms with E-state index in [1.165, 1.54) is 0 Å². The lowest BCUT2D eigenvalue weighted by molar-refractivity contribution is -0.147. The first-order valence-corrected chi connectivity index (χ1v) is 14.4. The molecule has 3 aromatic rings. The zero-order valence-electron chi connectivity index (χ0n) is 21.1. The Morgan fingerprint density at radius 2 is 1.78 bits per heavy atom. The molecule has 2 heterocycles. The summed E-state index contributed by atoms with van der Waals surface area (Å²) in [6.07, 6.45) is 4.42. The highest BCUT2D eigenvalue weighted by Crippen LogP contribution is 2.31. The molecule has 0 radical (unpaired) electrons. The summed E-state index contributed by atoms with van der Waals surface area (Å²) < 4.78 is 2.05. The van der Waals surface area contributed by atoms with Crippen molar-refractivity contribution in [3.63, 3.8) is 0 Å². The van der Waals surface area contributed by atoms with Crippen LogP contribution in [-0.2, 0) is 9.59 Å². The third-order valence-electron chi connectivity index (χ3n) is 7.23. The van der Waals surface area contributed by atoms with Gasteiger partial charge < -0.3 is 9.80 Å². The Labute approximate surface area is 227 Å². The van der Waals surface area contributed by atoms with Crippen molar-refractivity contribution in [1.82, 2.24) is 24.6 Å². The summed E-state index contributed by atoms with van der Waals surface area (Å²) in [5, 5.41) is 10.4. The molecule has 194 valence electrons. The summed E-state index contributed by atoms with van der Waals surface area (Å²) in [6, 6.07) is 17.7. The first-order chi connectivity index (χ1) is 18.0. The second-order valence-corrected chi connectivity index (χ2v) is 11.3. The molecule has 0 spiro atoms. The van der Waals surface area contributed by atoms with Crippen molar-refractivity contribution in [3.8, 4) is 17.1 Å². The first kappa shape index (κ1) is 25.8. The van der Waals surface area contributed by atoms with Gasteiger partial charge in [0.25, 0.3) is 0 Å². The molecule has 1 aliphatic carbocycles. The largest absolute Gasteiger partial charge is 0.339 e. The van der Waals surface area contributed by atoms with Crippen molar-refractivity contribution in [2.45, 2.75) is 50.2 Å². The van der Waals surface area contributed by atoms with Gasteiger partial charge in [0, 0.05) is 60.0 Å². The number of hydrogen-bond donors (Lipinski definition) is 0. The summed E-state index contributed by atoms with van der Waals surface area (Å²) in [7, 11) is 0. The Morgan fingerprint density at radius 3 is 2.46 bits per heavy atom. The number of benzene rings is 2. The van der Waals surface area contributed by atoms with E-state index >= 15 is 0 Å². The molecule has 1 saturated carbocycles. The Morgan fingerprint density at radius 1 is 1.03 bits per heavy atom. The monoisotopic (exact) mass is 537 g/mol. The average Bonchev–Trinajstić information content (AvgIpc) is 3.30. The summed E-state index contributed by atoms with van der Waals surface area (Å²) in [5.41, 5.74) is 1.92. The van der Waals surface area contributed by atoms with Gasteiger partial charge in [-0.3, -0.25) is 14.2 Å². The molecule has 0 N–H and O–H groups in total. The van der Waals surface area contributed by atoms with Crippen molar-refractivity contribution in [1.29, 1.82) is 0 Å². The second-order valence-electron chi connectivity index (χ2n) is 9.78. The number of rotatable bonds is 8. The van der Waals surface area contributed by atoms with Gasteiger partial charge in [-0.2, -0.15) is 0 Å². The maximum absolute atomic E-state index is 12.9. The van der Waals surface area contributed by atoms with Gasteiger partial charge in [0.05, 0.1) is 0 Å². The predicted octanol–water partition coefficient (Wildman–Crippen LogP) is 5.32. The molecule has 5 rings (SSSR count). The van der Waals surface area contributed by atoms with Crippen LogP contribution in [0.1, 0.15) is 39.0 Å². The Kier molecular flexibility index (Phi) is 8.15. The van der Waals surface area contributed by atoms with E-state index in [1.807, 2.05) is 64.4 Å². The van der Waals surface area contributed by atoms with Gasteiger partial charge in [-0.05, 0) is 62.6 Å². The minimum atomic E-state index is 0.0795. The van der Waals surface area contributed by atoms with Crippen LogP contribution in [0.4, 0.5) is 0 Å². The molecule has 2 amide bonds. The lowest BCUT2D eigenvalue weighted by Crippen LogP contribution is -2.57. The van der Waals surface area contributed by atoms with Crippen LogP contribution < -0.4 is 0 Å². The van der Waals surface area contributed by atoms with E-state index in [2.05, 4.69) is 21.7 Å². The van der Waals surface area contributed by atoms with E-state index in [1.54, 1.807) is 11.8 Å². The molecule has 2 aliphatic rings. The molecule has 2 fully saturated rings. The highest BCUT2D eigenvalue weighted by Gasteiger charge is 2.35. The Bertz CT molecular complexity index is 1230. The zero-order chi connectivity index (χ0) is 25.8. The summed E-state index contributed by atoms with van der Waals surface area (Å²) in [5.74, 6) is 2.16. The van der Waals surface area contributed by atoms with Crippen LogP contribution in [-0.4, -0.2) is 67.8 Å². The minimum Gasteiger partial charge on any atom is -0.339 e. The number of halogens is 1. The van der Waals surface area contributed by atoms with E-state index in [-0.39, 0.29) is 23.8 Å². The molecule has 1 saturated heterocycles. The molecule has 9 heteroatoms. The standard InChI is InChI=1S/C28H32ClN5O2S/c1-20-19-32(16-17-33(20)27(36)22-7-5-8-22)25(35)11-6-18-37-28-31-30-26(21-12-14-23(29)15-13-21)34(28)24-9-3-2-4-10-24/h2-4,9-10,12-15,20,22H,5-8,11,16-19H2,1H3. The van der Waals surface area contributed by atoms with Gasteiger partial charge in [0.2, 0.25) is 11.8 Å². The topological polar surface area (TPSA) is 71.3 Å². The summed E-state index contributed by atoms with van der Waals surface area (Å²) in [4.78, 5) is 29.5. The molecule has 7 nitrogen and oxygen atoms in total. The maximum Gasteiger partial charge on any atom is 0.226 e. The van der Waals surface area contributed by atoms with E-state index in [0.29, 0.717) is 31.1 Å². The molecule has 0 bridgehead atoms. The molecule has 1 aromatic heterocycles. The van der Waals surface area contributed by atoms with Crippen LogP contribution in [0.2, 0.25) is 5.02 Å². The number of carbonyl (C=O) groups is 2. The summed E-state index contributed by atoms with van der Waals surface area (Å²) in [6.45, 7) is 3.95. The number of hydrogen-bond acceptors (Lipinski definition) is 5. The van der Waals surface area contributed by atoms with Gasteiger partial charge in [-0.25, -0.2) is 0 Å². The number of carbonyl (C=O) groups excluding carboxylic acids is 2. The Balaban J connectivity index is 1.17. The van der Waals surface area contributed by atoms with Crippen molar-refractivity contribution in [2.24, 2.45) is 5.92 Å². The Hall–Kier alpha value is -2.84. The molecule has 1 atom stereocenters. The van der Waals surface area contributed by atoms with E-state index in [9.17, 15) is 9.59 Å². The molecule has 2 aromatic carbocycles. The van der Waals surface area contributed by atoms with Gasteiger partial charge in [0.1, 0.15) is 0 Å². The van der Waals surface area contributed by atoms with Gasteiger partial charge >= 0.3 is 0 Å². The number of nitrogens with zero attached hydrogens (tertiary/aromatic N) is 5. The maximum atomic E-state index is 12.9.